The van der Waals surface area contributed by atoms with Crippen LogP contribution in [0.25, 0.3) is 6.08 Å². The first-order chi connectivity index (χ1) is 13.9. The number of benzene rings is 2. The average Bonchev–Trinajstić information content (AvgIpc) is 2.99. The summed E-state index contributed by atoms with van der Waals surface area (Å²) in [5.74, 6) is 0.230. The lowest BCUT2D eigenvalue weighted by Crippen LogP contribution is -2.35. The van der Waals surface area contributed by atoms with Crippen molar-refractivity contribution in [3.8, 4) is 0 Å². The van der Waals surface area contributed by atoms with E-state index in [-0.39, 0.29) is 11.5 Å². The van der Waals surface area contributed by atoms with Gasteiger partial charge in [0, 0.05) is 30.5 Å². The van der Waals surface area contributed by atoms with Crippen molar-refractivity contribution < 1.29 is 9.59 Å². The predicted octanol–water partition coefficient (Wildman–Crippen LogP) is 4.05. The molecule has 2 aromatic carbocycles. The minimum atomic E-state index is -0.414. The molecule has 0 aromatic heterocycles. The van der Waals surface area contributed by atoms with Crippen LogP contribution in [0, 0.1) is 13.8 Å². The van der Waals surface area contributed by atoms with Gasteiger partial charge in [-0.2, -0.15) is 0 Å². The number of carbonyl (C=O) groups excluding carboxylic acids is 2. The van der Waals surface area contributed by atoms with Crippen molar-refractivity contribution in [1.82, 2.24) is 5.43 Å². The number of aryl methyl sites for hydroxylation is 2. The fourth-order valence-corrected chi connectivity index (χ4v) is 3.53. The van der Waals surface area contributed by atoms with Gasteiger partial charge < -0.3 is 4.90 Å². The third kappa shape index (κ3) is 4.74. The summed E-state index contributed by atoms with van der Waals surface area (Å²) >= 11 is 11.7. The molecule has 0 saturated carbocycles. The van der Waals surface area contributed by atoms with E-state index >= 15 is 0 Å². The molecule has 2 amide bonds. The van der Waals surface area contributed by atoms with Crippen molar-refractivity contribution >= 4 is 52.5 Å². The quantitative estimate of drug-likeness (QED) is 0.408. The number of nitrogens with one attached hydrogen (secondary N) is 1. The molecule has 1 N–H and O–H groups in total. The van der Waals surface area contributed by atoms with E-state index in [9.17, 15) is 9.59 Å². The van der Waals surface area contributed by atoms with Gasteiger partial charge in [0.2, 0.25) is 0 Å². The van der Waals surface area contributed by atoms with Crippen molar-refractivity contribution in [2.75, 3.05) is 34.8 Å². The molecule has 0 atom stereocenters. The largest absolute Gasteiger partial charge is 0.369 e. The summed E-state index contributed by atoms with van der Waals surface area (Å²) in [7, 11) is 0. The zero-order valence-electron chi connectivity index (χ0n) is 16.4. The van der Waals surface area contributed by atoms with Gasteiger partial charge in [-0.25, -0.2) is 5.01 Å². The van der Waals surface area contributed by atoms with Crippen LogP contribution in [0.5, 0.6) is 0 Å². The summed E-state index contributed by atoms with van der Waals surface area (Å²) in [5.41, 5.74) is 7.33. The zero-order valence-corrected chi connectivity index (χ0v) is 17.9. The Morgan fingerprint density at radius 2 is 1.62 bits per heavy atom. The first kappa shape index (κ1) is 21.2. The van der Waals surface area contributed by atoms with Crippen molar-refractivity contribution in [3.05, 3.63) is 64.7 Å². The summed E-state index contributed by atoms with van der Waals surface area (Å²) in [6, 6.07) is 13.2. The smallest absolute Gasteiger partial charge is 0.282 e. The number of hydrazine groups is 1. The number of rotatable bonds is 7. The number of anilines is 2. The van der Waals surface area contributed by atoms with E-state index < -0.39 is 5.91 Å². The van der Waals surface area contributed by atoms with Crippen LogP contribution < -0.4 is 15.3 Å². The van der Waals surface area contributed by atoms with Crippen molar-refractivity contribution in [1.29, 1.82) is 0 Å². The molecule has 5 nitrogen and oxygen atoms in total. The average molecular weight is 432 g/mol. The van der Waals surface area contributed by atoms with Crippen LogP contribution in [0.3, 0.4) is 0 Å². The second kappa shape index (κ2) is 9.33. The highest BCUT2D eigenvalue weighted by atomic mass is 35.5. The summed E-state index contributed by atoms with van der Waals surface area (Å²) in [6.07, 6.45) is 1.61. The molecule has 2 aromatic rings. The molecule has 3 rings (SSSR count). The van der Waals surface area contributed by atoms with Gasteiger partial charge in [0.25, 0.3) is 11.8 Å². The van der Waals surface area contributed by atoms with Crippen molar-refractivity contribution in [2.45, 2.75) is 13.8 Å². The molecular formula is C22H23Cl2N3O2. The number of hydrogen-bond acceptors (Lipinski definition) is 3. The lowest BCUT2D eigenvalue weighted by Gasteiger charge is -2.22. The van der Waals surface area contributed by atoms with E-state index in [2.05, 4.69) is 10.3 Å². The Bertz CT molecular complexity index is 936. The lowest BCUT2D eigenvalue weighted by molar-refractivity contribution is -0.117. The zero-order chi connectivity index (χ0) is 21.0. The molecule has 0 radical (unpaired) electrons. The van der Waals surface area contributed by atoms with E-state index in [4.69, 9.17) is 23.2 Å². The van der Waals surface area contributed by atoms with Crippen molar-refractivity contribution in [2.24, 2.45) is 0 Å². The van der Waals surface area contributed by atoms with Gasteiger partial charge in [-0.1, -0.05) is 18.2 Å². The Hall–Kier alpha value is -2.50. The molecule has 1 fully saturated rings. The number of alkyl halides is 2. The van der Waals surface area contributed by atoms with Gasteiger partial charge in [-0.3, -0.25) is 15.0 Å². The number of carbonyl (C=O) groups is 2. The van der Waals surface area contributed by atoms with Gasteiger partial charge in [0.15, 0.2) is 0 Å². The monoisotopic (exact) mass is 431 g/mol. The van der Waals surface area contributed by atoms with E-state index in [0.717, 1.165) is 22.4 Å². The molecule has 0 spiro atoms. The standard InChI is InChI=1S/C22H23Cl2N3O2/c1-15-3-6-19(13-16(15)2)27-22(29)20(21(28)25-27)14-17-4-7-18(8-5-17)26(11-9-23)12-10-24/h3-8,13-14H,9-12H2,1-2H3,(H,25,28)/b20-14+. The van der Waals surface area contributed by atoms with Crippen LogP contribution >= 0.6 is 23.2 Å². The first-order valence-corrected chi connectivity index (χ1v) is 10.4. The van der Waals surface area contributed by atoms with E-state index in [1.807, 2.05) is 56.3 Å². The minimum absolute atomic E-state index is 0.106. The molecule has 152 valence electrons. The van der Waals surface area contributed by atoms with E-state index in [1.54, 1.807) is 6.08 Å². The highest BCUT2D eigenvalue weighted by Gasteiger charge is 2.34. The normalized spacial score (nSPS) is 15.2. The molecule has 7 heteroatoms. The molecular weight excluding hydrogens is 409 g/mol. The predicted molar refractivity (Wildman–Crippen MR) is 120 cm³/mol. The number of nitrogens with zero attached hydrogens (tertiary/aromatic N) is 2. The molecule has 1 aliphatic heterocycles. The molecule has 1 saturated heterocycles. The Morgan fingerprint density at radius 1 is 0.966 bits per heavy atom. The topological polar surface area (TPSA) is 52.7 Å². The van der Waals surface area contributed by atoms with Crippen molar-refractivity contribution in [3.63, 3.8) is 0 Å². The molecule has 0 bridgehead atoms. The molecule has 0 aliphatic carbocycles. The van der Waals surface area contributed by atoms with Crippen LogP contribution in [-0.2, 0) is 9.59 Å². The second-order valence-electron chi connectivity index (χ2n) is 6.86. The van der Waals surface area contributed by atoms with E-state index in [0.29, 0.717) is 30.5 Å². The third-order valence-corrected chi connectivity index (χ3v) is 5.26. The van der Waals surface area contributed by atoms with Crippen LogP contribution in [0.4, 0.5) is 11.4 Å². The Morgan fingerprint density at radius 3 is 2.21 bits per heavy atom. The summed E-state index contributed by atoms with van der Waals surface area (Å²) in [6.45, 7) is 5.36. The molecule has 29 heavy (non-hydrogen) atoms. The maximum absolute atomic E-state index is 12.8. The van der Waals surface area contributed by atoms with Crippen LogP contribution in [0.15, 0.2) is 48.0 Å². The maximum Gasteiger partial charge on any atom is 0.282 e. The molecule has 1 heterocycles. The molecule has 1 aliphatic rings. The van der Waals surface area contributed by atoms with Gasteiger partial charge in [-0.15, -0.1) is 23.2 Å². The maximum atomic E-state index is 12.8. The molecule has 0 unspecified atom stereocenters. The van der Waals surface area contributed by atoms with Crippen LogP contribution in [0.2, 0.25) is 0 Å². The second-order valence-corrected chi connectivity index (χ2v) is 7.62. The first-order valence-electron chi connectivity index (χ1n) is 9.36. The number of hydrogen-bond donors (Lipinski definition) is 1. The van der Waals surface area contributed by atoms with Gasteiger partial charge in [0.1, 0.15) is 5.57 Å². The summed E-state index contributed by atoms with van der Waals surface area (Å²) in [5, 5.41) is 1.29. The highest BCUT2D eigenvalue weighted by Crippen LogP contribution is 2.24. The summed E-state index contributed by atoms with van der Waals surface area (Å²) in [4.78, 5) is 27.3. The fourth-order valence-electron chi connectivity index (χ4n) is 3.13. The Kier molecular flexibility index (Phi) is 6.83. The fraction of sp³-hybridized carbons (Fsp3) is 0.273. The number of halogens is 2. The number of amides is 2. The van der Waals surface area contributed by atoms with Crippen LogP contribution in [0.1, 0.15) is 16.7 Å². The Labute approximate surface area is 180 Å². The summed E-state index contributed by atoms with van der Waals surface area (Å²) < 4.78 is 0. The van der Waals surface area contributed by atoms with Gasteiger partial charge in [-0.05, 0) is 60.9 Å². The Balaban J connectivity index is 1.81. The highest BCUT2D eigenvalue weighted by molar-refractivity contribution is 6.31. The van der Waals surface area contributed by atoms with Gasteiger partial charge in [0.05, 0.1) is 5.69 Å². The SMILES string of the molecule is Cc1ccc(N2NC(=O)/C(=C\c3ccc(N(CCCl)CCCl)cc3)C2=O)cc1C. The third-order valence-electron chi connectivity index (χ3n) is 4.92. The lowest BCUT2D eigenvalue weighted by atomic mass is 10.1. The van der Waals surface area contributed by atoms with Gasteiger partial charge >= 0.3 is 0 Å². The van der Waals surface area contributed by atoms with Crippen LogP contribution in [-0.4, -0.2) is 36.7 Å². The minimum Gasteiger partial charge on any atom is -0.369 e. The van der Waals surface area contributed by atoms with E-state index in [1.165, 1.54) is 5.01 Å².